The molecule has 2 amide bonds. The first-order chi connectivity index (χ1) is 31.6. The molecule has 336 valence electrons. The molecule has 4 heterocycles. The first-order valence-corrected chi connectivity index (χ1v) is 21.9. The molecule has 0 spiro atoms. The predicted octanol–water partition coefficient (Wildman–Crippen LogP) is 6.47. The molecule has 5 aromatic carbocycles. The van der Waals surface area contributed by atoms with Gasteiger partial charge in [-0.2, -0.15) is 0 Å². The van der Waals surface area contributed by atoms with E-state index in [2.05, 4.69) is 20.5 Å². The molecule has 3 fully saturated rings. The van der Waals surface area contributed by atoms with Gasteiger partial charge in [-0.3, -0.25) is 14.5 Å². The summed E-state index contributed by atoms with van der Waals surface area (Å²) < 4.78 is 17.6. The third-order valence-corrected chi connectivity index (χ3v) is 12.2. The second-order valence-corrected chi connectivity index (χ2v) is 16.6. The second-order valence-electron chi connectivity index (χ2n) is 16.6. The maximum absolute atomic E-state index is 13.2. The van der Waals surface area contributed by atoms with E-state index in [1.54, 1.807) is 55.6 Å². The molecule has 14 heteroatoms. The molecule has 0 radical (unpaired) electrons. The first kappa shape index (κ1) is 44.6. The summed E-state index contributed by atoms with van der Waals surface area (Å²) in [5.74, 6) is 0.228. The molecule has 3 aliphatic rings. The average molecular weight is 880 g/mol. The number of hydrogen-bond acceptors (Lipinski definition) is 11. The summed E-state index contributed by atoms with van der Waals surface area (Å²) >= 11 is 0. The minimum Gasteiger partial charge on any atom is -0.506 e. The van der Waals surface area contributed by atoms with Gasteiger partial charge in [-0.25, -0.2) is 9.59 Å². The number of nitrogens with zero attached hydrogens (tertiary/aromatic N) is 2. The zero-order valence-corrected chi connectivity index (χ0v) is 36.2. The van der Waals surface area contributed by atoms with Gasteiger partial charge >= 0.3 is 12.1 Å². The molecule has 5 N–H and O–H groups in total. The van der Waals surface area contributed by atoms with Gasteiger partial charge in [0.2, 0.25) is 5.56 Å². The normalized spacial score (nSPS) is 17.5. The molecule has 65 heavy (non-hydrogen) atoms. The lowest BCUT2D eigenvalue weighted by molar-refractivity contribution is -0.0336. The number of carbonyl (C=O) groups excluding carboxylic acids is 3. The molecule has 0 saturated carbocycles. The minimum absolute atomic E-state index is 0.00919. The Morgan fingerprint density at radius 1 is 0.846 bits per heavy atom. The summed E-state index contributed by atoms with van der Waals surface area (Å²) in [4.78, 5) is 57.4. The van der Waals surface area contributed by atoms with Gasteiger partial charge in [0.1, 0.15) is 30.8 Å². The smallest absolute Gasteiger partial charge is 0.408 e. The number of phenols is 1. The SMILES string of the molecule is CN(CCOC(=O)c1ccc(COc2cccc([C@@H](NC(=O)OC3CN4CCC3CC4)c3ccccc3)c2)cc1)C(=O)c1ccc(CNCC(O)c2ccc(O)c3[nH]c(=O)ccc23)cc1. The third-order valence-electron chi connectivity index (χ3n) is 12.2. The van der Waals surface area contributed by atoms with E-state index < -0.39 is 24.2 Å². The summed E-state index contributed by atoms with van der Waals surface area (Å²) in [5, 5.41) is 27.8. The highest BCUT2D eigenvalue weighted by Crippen LogP contribution is 2.32. The van der Waals surface area contributed by atoms with Gasteiger partial charge in [0.15, 0.2) is 0 Å². The number of hydrogen-bond donors (Lipinski definition) is 5. The van der Waals surface area contributed by atoms with Crippen LogP contribution in [0.15, 0.2) is 132 Å². The number of aromatic hydroxyl groups is 1. The number of esters is 1. The molecular weight excluding hydrogens is 827 g/mol. The monoisotopic (exact) mass is 879 g/mol. The summed E-state index contributed by atoms with van der Waals surface area (Å²) in [5.41, 5.74) is 4.86. The van der Waals surface area contributed by atoms with Crippen LogP contribution in [0.1, 0.15) is 73.5 Å². The van der Waals surface area contributed by atoms with Crippen molar-refractivity contribution < 1.29 is 38.8 Å². The van der Waals surface area contributed by atoms with E-state index >= 15 is 0 Å². The Morgan fingerprint density at radius 2 is 1.57 bits per heavy atom. The van der Waals surface area contributed by atoms with E-state index in [0.29, 0.717) is 40.3 Å². The number of benzene rings is 5. The molecule has 0 aliphatic carbocycles. The Kier molecular flexibility index (Phi) is 14.2. The van der Waals surface area contributed by atoms with E-state index in [-0.39, 0.29) is 55.1 Å². The Balaban J connectivity index is 0.771. The van der Waals surface area contributed by atoms with Crippen molar-refractivity contribution in [1.82, 2.24) is 25.4 Å². The number of aromatic nitrogens is 1. The van der Waals surface area contributed by atoms with Crippen molar-refractivity contribution in [2.45, 2.75) is 44.2 Å². The Bertz CT molecular complexity index is 2650. The zero-order chi connectivity index (χ0) is 45.3. The van der Waals surface area contributed by atoms with Crippen LogP contribution >= 0.6 is 0 Å². The Hall–Kier alpha value is -7.00. The van der Waals surface area contributed by atoms with Crippen LogP contribution in [0.25, 0.3) is 10.9 Å². The second kappa shape index (κ2) is 20.7. The van der Waals surface area contributed by atoms with Gasteiger partial charge in [-0.1, -0.05) is 72.8 Å². The molecule has 2 unspecified atom stereocenters. The number of aliphatic hydroxyl groups is 1. The highest BCUT2D eigenvalue weighted by Gasteiger charge is 2.37. The molecule has 3 saturated heterocycles. The number of piperidine rings is 3. The summed E-state index contributed by atoms with van der Waals surface area (Å²) in [6.07, 6.45) is 0.678. The van der Waals surface area contributed by atoms with Crippen molar-refractivity contribution in [3.8, 4) is 11.5 Å². The molecule has 9 rings (SSSR count). The number of alkyl carbamates (subject to hydrolysis) is 1. The summed E-state index contributed by atoms with van der Waals surface area (Å²) in [7, 11) is 1.64. The lowest BCUT2D eigenvalue weighted by Gasteiger charge is -2.43. The van der Waals surface area contributed by atoms with Crippen molar-refractivity contribution in [2.75, 3.05) is 46.4 Å². The van der Waals surface area contributed by atoms with Gasteiger partial charge in [0, 0.05) is 43.7 Å². The van der Waals surface area contributed by atoms with E-state index in [1.807, 2.05) is 66.7 Å². The van der Waals surface area contributed by atoms with E-state index in [4.69, 9.17) is 14.2 Å². The highest BCUT2D eigenvalue weighted by atomic mass is 16.6. The fraction of sp³-hybridized carbons (Fsp3) is 0.294. The van der Waals surface area contributed by atoms with Crippen LogP contribution < -0.4 is 20.9 Å². The van der Waals surface area contributed by atoms with Crippen molar-refractivity contribution in [2.24, 2.45) is 5.92 Å². The van der Waals surface area contributed by atoms with Crippen molar-refractivity contribution in [1.29, 1.82) is 0 Å². The van der Waals surface area contributed by atoms with Gasteiger partial charge in [-0.05, 0) is 108 Å². The number of phenolic OH excluding ortho intramolecular Hbond substituents is 1. The topological polar surface area (TPSA) is 183 Å². The van der Waals surface area contributed by atoms with Crippen molar-refractivity contribution in [3.63, 3.8) is 0 Å². The number of nitrogens with one attached hydrogen (secondary N) is 3. The third kappa shape index (κ3) is 11.2. The lowest BCUT2D eigenvalue weighted by Crippen LogP contribution is -2.52. The highest BCUT2D eigenvalue weighted by molar-refractivity contribution is 5.94. The quantitative estimate of drug-likeness (QED) is 0.0633. The van der Waals surface area contributed by atoms with Crippen LogP contribution in [0.5, 0.6) is 11.5 Å². The fourth-order valence-electron chi connectivity index (χ4n) is 8.48. The molecule has 3 aliphatic heterocycles. The number of carbonyl (C=O) groups is 3. The van der Waals surface area contributed by atoms with Crippen LogP contribution in [0, 0.1) is 5.92 Å². The molecular formula is C51H53N5O9. The fourth-order valence-corrected chi connectivity index (χ4v) is 8.48. The average Bonchev–Trinajstić information content (AvgIpc) is 3.33. The molecule has 1 aromatic heterocycles. The number of aromatic amines is 1. The molecule has 2 bridgehead atoms. The summed E-state index contributed by atoms with van der Waals surface area (Å²) in [6, 6.07) is 37.0. The zero-order valence-electron chi connectivity index (χ0n) is 36.2. The number of ether oxygens (including phenoxy) is 3. The van der Waals surface area contributed by atoms with Gasteiger partial charge in [0.05, 0.1) is 29.8 Å². The maximum Gasteiger partial charge on any atom is 0.408 e. The van der Waals surface area contributed by atoms with Gasteiger partial charge < -0.3 is 44.9 Å². The molecule has 6 aromatic rings. The number of rotatable bonds is 17. The number of aliphatic hydroxyl groups excluding tert-OH is 1. The Labute approximate surface area is 376 Å². The maximum atomic E-state index is 13.2. The van der Waals surface area contributed by atoms with Gasteiger partial charge in [0.25, 0.3) is 5.91 Å². The van der Waals surface area contributed by atoms with Crippen LogP contribution in [-0.2, 0) is 22.6 Å². The van der Waals surface area contributed by atoms with Crippen molar-refractivity contribution >= 4 is 28.9 Å². The van der Waals surface area contributed by atoms with Crippen LogP contribution in [0.3, 0.4) is 0 Å². The van der Waals surface area contributed by atoms with Crippen LogP contribution in [0.2, 0.25) is 0 Å². The van der Waals surface area contributed by atoms with Crippen molar-refractivity contribution in [3.05, 3.63) is 177 Å². The first-order valence-electron chi connectivity index (χ1n) is 21.9. The number of amides is 2. The standard InChI is InChI=1S/C51H53N5O9/c1-55(49(60)37-14-10-33(11-15-37)29-52-30-44(58)41-18-20-43(57)48-42(41)19-21-46(59)53-48)26-27-63-50(61)38-16-12-34(13-17-38)32-64-40-9-5-8-39(28-40)47(36-6-3-2-4-7-36)54-51(62)65-45-31-56-24-22-35(45)23-25-56/h2-21,28,35,44-45,47,52,57-58H,22-27,29-32H2,1H3,(H,53,59)(H,54,62)/t44?,45?,47-/m0/s1. The number of likely N-dealkylation sites (N-methyl/N-ethyl adjacent to an activating group) is 1. The largest absolute Gasteiger partial charge is 0.506 e. The van der Waals surface area contributed by atoms with E-state index in [9.17, 15) is 29.4 Å². The Morgan fingerprint density at radius 3 is 2.31 bits per heavy atom. The minimum atomic E-state index is -0.898. The number of H-pyrrole nitrogens is 1. The lowest BCUT2D eigenvalue weighted by atomic mass is 9.86. The summed E-state index contributed by atoms with van der Waals surface area (Å²) in [6.45, 7) is 4.01. The van der Waals surface area contributed by atoms with E-state index in [0.717, 1.165) is 54.7 Å². The molecule has 14 nitrogen and oxygen atoms in total. The van der Waals surface area contributed by atoms with Crippen LogP contribution in [0.4, 0.5) is 4.79 Å². The van der Waals surface area contributed by atoms with E-state index in [1.165, 1.54) is 17.0 Å². The number of fused-ring (bicyclic) bond motifs is 4. The predicted molar refractivity (Wildman–Crippen MR) is 245 cm³/mol. The number of pyridine rings is 1. The van der Waals surface area contributed by atoms with Gasteiger partial charge in [-0.15, -0.1) is 0 Å². The van der Waals surface area contributed by atoms with Crippen LogP contribution in [-0.4, -0.2) is 95.4 Å². The molecule has 3 atom stereocenters.